The van der Waals surface area contributed by atoms with E-state index in [1.54, 1.807) is 24.3 Å². The van der Waals surface area contributed by atoms with Crippen LogP contribution in [0.25, 0.3) is 0 Å². The second kappa shape index (κ2) is 6.90. The third kappa shape index (κ3) is 3.41. The van der Waals surface area contributed by atoms with Crippen LogP contribution in [0.5, 0.6) is 0 Å². The van der Waals surface area contributed by atoms with Gasteiger partial charge in [-0.2, -0.15) is 4.31 Å². The van der Waals surface area contributed by atoms with Crippen LogP contribution < -0.4 is 5.73 Å². The van der Waals surface area contributed by atoms with Gasteiger partial charge >= 0.3 is 0 Å². The molecule has 19 heavy (non-hydrogen) atoms. The Kier molecular flexibility index (Phi) is 6.08. The minimum absolute atomic E-state index is 0. The summed E-state index contributed by atoms with van der Waals surface area (Å²) in [6.45, 7) is 0.874. The largest absolute Gasteiger partial charge is 0.329 e. The van der Waals surface area contributed by atoms with Crippen LogP contribution >= 0.6 is 24.0 Å². The van der Waals surface area contributed by atoms with E-state index in [-0.39, 0.29) is 28.4 Å². The summed E-state index contributed by atoms with van der Waals surface area (Å²) in [6, 6.07) is 6.42. The molecular weight excluding hydrogens is 307 g/mol. The fourth-order valence-electron chi connectivity index (χ4n) is 2.31. The van der Waals surface area contributed by atoms with Crippen LogP contribution in [0.1, 0.15) is 19.3 Å². The molecule has 1 heterocycles. The number of hydrogen-bond donors (Lipinski definition) is 1. The SMILES string of the molecule is Cl.NCC1CCCCN1S(=O)(=O)c1ccccc1Cl. The van der Waals surface area contributed by atoms with Gasteiger partial charge in [0, 0.05) is 19.1 Å². The summed E-state index contributed by atoms with van der Waals surface area (Å²) in [6.07, 6.45) is 2.72. The maximum absolute atomic E-state index is 12.6. The number of nitrogens with two attached hydrogens (primary N) is 1. The summed E-state index contributed by atoms with van der Waals surface area (Å²) < 4.78 is 26.6. The fraction of sp³-hybridized carbons (Fsp3) is 0.500. The maximum Gasteiger partial charge on any atom is 0.244 e. The van der Waals surface area contributed by atoms with Crippen LogP contribution in [0.4, 0.5) is 0 Å². The van der Waals surface area contributed by atoms with Crippen molar-refractivity contribution in [1.82, 2.24) is 4.31 Å². The van der Waals surface area contributed by atoms with Crippen molar-refractivity contribution in [3.8, 4) is 0 Å². The number of benzene rings is 1. The minimum Gasteiger partial charge on any atom is -0.329 e. The molecule has 0 bridgehead atoms. The second-order valence-electron chi connectivity index (χ2n) is 4.43. The van der Waals surface area contributed by atoms with E-state index in [1.165, 1.54) is 4.31 Å². The third-order valence-electron chi connectivity index (χ3n) is 3.27. The van der Waals surface area contributed by atoms with Gasteiger partial charge in [0.2, 0.25) is 10.0 Å². The molecule has 1 fully saturated rings. The average molecular weight is 325 g/mol. The van der Waals surface area contributed by atoms with Crippen molar-refractivity contribution in [2.45, 2.75) is 30.2 Å². The van der Waals surface area contributed by atoms with Gasteiger partial charge in [-0.25, -0.2) is 8.42 Å². The Bertz CT molecular complexity index is 522. The van der Waals surface area contributed by atoms with E-state index in [4.69, 9.17) is 17.3 Å². The number of halogens is 2. The van der Waals surface area contributed by atoms with E-state index >= 15 is 0 Å². The first kappa shape index (κ1) is 16.7. The van der Waals surface area contributed by atoms with Crippen molar-refractivity contribution in [1.29, 1.82) is 0 Å². The molecule has 2 N–H and O–H groups in total. The number of hydrogen-bond acceptors (Lipinski definition) is 3. The van der Waals surface area contributed by atoms with E-state index in [2.05, 4.69) is 0 Å². The standard InChI is InChI=1S/C12H17ClN2O2S.ClH/c13-11-6-1-2-7-12(11)18(16,17)15-8-4-3-5-10(15)9-14;/h1-2,6-7,10H,3-5,8-9,14H2;1H. The highest BCUT2D eigenvalue weighted by molar-refractivity contribution is 7.89. The van der Waals surface area contributed by atoms with Crippen LogP contribution in [0.15, 0.2) is 29.2 Å². The Hall–Kier alpha value is -0.330. The zero-order chi connectivity index (χ0) is 13.2. The summed E-state index contributed by atoms with van der Waals surface area (Å²) >= 11 is 5.98. The Balaban J connectivity index is 0.00000180. The first-order valence-electron chi connectivity index (χ1n) is 6.04. The van der Waals surface area contributed by atoms with Gasteiger partial charge in [-0.3, -0.25) is 0 Å². The molecule has 7 heteroatoms. The molecular formula is C12H18Cl2N2O2S. The highest BCUT2D eigenvalue weighted by Gasteiger charge is 2.33. The Morgan fingerprint density at radius 2 is 2.00 bits per heavy atom. The summed E-state index contributed by atoms with van der Waals surface area (Å²) in [5, 5.41) is 0.263. The minimum atomic E-state index is -3.53. The molecule has 0 spiro atoms. The lowest BCUT2D eigenvalue weighted by atomic mass is 10.1. The first-order valence-corrected chi connectivity index (χ1v) is 7.85. The molecule has 4 nitrogen and oxygen atoms in total. The molecule has 1 aliphatic heterocycles. The van der Waals surface area contributed by atoms with Crippen molar-refractivity contribution in [2.75, 3.05) is 13.1 Å². The smallest absolute Gasteiger partial charge is 0.244 e. The van der Waals surface area contributed by atoms with Gasteiger partial charge in [-0.05, 0) is 25.0 Å². The van der Waals surface area contributed by atoms with E-state index in [1.807, 2.05) is 0 Å². The molecule has 108 valence electrons. The van der Waals surface area contributed by atoms with Gasteiger partial charge in [0.1, 0.15) is 4.90 Å². The summed E-state index contributed by atoms with van der Waals surface area (Å²) in [5.74, 6) is 0. The maximum atomic E-state index is 12.6. The van der Waals surface area contributed by atoms with Crippen molar-refractivity contribution in [3.63, 3.8) is 0 Å². The number of nitrogens with zero attached hydrogens (tertiary/aromatic N) is 1. The Morgan fingerprint density at radius 1 is 1.32 bits per heavy atom. The zero-order valence-corrected chi connectivity index (χ0v) is 12.8. The third-order valence-corrected chi connectivity index (χ3v) is 5.72. The summed E-state index contributed by atoms with van der Waals surface area (Å²) in [7, 11) is -3.53. The van der Waals surface area contributed by atoms with Gasteiger partial charge in [0.05, 0.1) is 5.02 Å². The molecule has 1 atom stereocenters. The normalized spacial score (nSPS) is 20.8. The molecule has 0 aromatic heterocycles. The predicted octanol–water partition coefficient (Wildman–Crippen LogP) is 2.26. The molecule has 2 rings (SSSR count). The predicted molar refractivity (Wildman–Crippen MR) is 79.3 cm³/mol. The lowest BCUT2D eigenvalue weighted by molar-refractivity contribution is 0.257. The van der Waals surface area contributed by atoms with Crippen molar-refractivity contribution >= 4 is 34.0 Å². The fourth-order valence-corrected chi connectivity index (χ4v) is 4.51. The zero-order valence-electron chi connectivity index (χ0n) is 10.5. The van der Waals surface area contributed by atoms with Crippen molar-refractivity contribution < 1.29 is 8.42 Å². The average Bonchev–Trinajstić information content (AvgIpc) is 2.39. The number of sulfonamides is 1. The quantitative estimate of drug-likeness (QED) is 0.927. The monoisotopic (exact) mass is 324 g/mol. The molecule has 1 aromatic carbocycles. The Morgan fingerprint density at radius 3 is 2.63 bits per heavy atom. The van der Waals surface area contributed by atoms with Crippen LogP contribution in [0.2, 0.25) is 5.02 Å². The van der Waals surface area contributed by atoms with Gasteiger partial charge < -0.3 is 5.73 Å². The van der Waals surface area contributed by atoms with Crippen molar-refractivity contribution in [3.05, 3.63) is 29.3 Å². The molecule has 0 radical (unpaired) electrons. The number of piperidine rings is 1. The first-order chi connectivity index (χ1) is 8.57. The van der Waals surface area contributed by atoms with Gasteiger partial charge in [-0.15, -0.1) is 12.4 Å². The molecule has 0 saturated carbocycles. The summed E-state index contributed by atoms with van der Waals surface area (Å²) in [5.41, 5.74) is 5.67. The molecule has 1 aromatic rings. The molecule has 0 amide bonds. The number of rotatable bonds is 3. The Labute approximate surface area is 125 Å². The summed E-state index contributed by atoms with van der Waals surface area (Å²) in [4.78, 5) is 0.173. The highest BCUT2D eigenvalue weighted by atomic mass is 35.5. The topological polar surface area (TPSA) is 63.4 Å². The van der Waals surface area contributed by atoms with Crippen LogP contribution in [-0.2, 0) is 10.0 Å². The van der Waals surface area contributed by atoms with E-state index in [9.17, 15) is 8.42 Å². The van der Waals surface area contributed by atoms with Crippen molar-refractivity contribution in [2.24, 2.45) is 5.73 Å². The molecule has 1 aliphatic rings. The van der Waals surface area contributed by atoms with Gasteiger partial charge in [-0.1, -0.05) is 30.2 Å². The van der Waals surface area contributed by atoms with Gasteiger partial charge in [0.25, 0.3) is 0 Å². The van der Waals surface area contributed by atoms with Crippen LogP contribution in [0, 0.1) is 0 Å². The van der Waals surface area contributed by atoms with E-state index in [0.29, 0.717) is 13.1 Å². The van der Waals surface area contributed by atoms with Gasteiger partial charge in [0.15, 0.2) is 0 Å². The highest BCUT2D eigenvalue weighted by Crippen LogP contribution is 2.28. The van der Waals surface area contributed by atoms with Crippen LogP contribution in [0.3, 0.4) is 0 Å². The lowest BCUT2D eigenvalue weighted by Gasteiger charge is -2.34. The second-order valence-corrected chi connectivity index (χ2v) is 6.70. The van der Waals surface area contributed by atoms with E-state index in [0.717, 1.165) is 19.3 Å². The molecule has 1 saturated heterocycles. The van der Waals surface area contributed by atoms with E-state index < -0.39 is 10.0 Å². The molecule has 0 aliphatic carbocycles. The van der Waals surface area contributed by atoms with Crippen LogP contribution in [-0.4, -0.2) is 31.9 Å². The molecule has 1 unspecified atom stereocenters. The lowest BCUT2D eigenvalue weighted by Crippen LogP contribution is -2.47.